The summed E-state index contributed by atoms with van der Waals surface area (Å²) in [6.45, 7) is 7.78. The van der Waals surface area contributed by atoms with Gasteiger partial charge in [0.1, 0.15) is 0 Å². The van der Waals surface area contributed by atoms with Gasteiger partial charge < -0.3 is 16.4 Å². The van der Waals surface area contributed by atoms with Crippen LogP contribution in [0, 0.1) is 0 Å². The summed E-state index contributed by atoms with van der Waals surface area (Å²) in [5, 5.41) is 9.72. The van der Waals surface area contributed by atoms with Gasteiger partial charge in [-0.2, -0.15) is 18.3 Å². The van der Waals surface area contributed by atoms with E-state index in [4.69, 9.17) is 5.73 Å². The summed E-state index contributed by atoms with van der Waals surface area (Å²) in [6, 6.07) is 5.11. The number of carbonyl (C=O) groups is 1. The van der Waals surface area contributed by atoms with Crippen LogP contribution < -0.4 is 16.4 Å². The van der Waals surface area contributed by atoms with Gasteiger partial charge in [0.2, 0.25) is 0 Å². The third kappa shape index (κ3) is 5.33. The number of benzene rings is 1. The maximum atomic E-state index is 13.7. The number of amides is 1. The van der Waals surface area contributed by atoms with E-state index in [1.807, 2.05) is 19.9 Å². The van der Waals surface area contributed by atoms with Crippen LogP contribution in [-0.4, -0.2) is 42.6 Å². The number of aryl methyl sites for hydroxylation is 1. The lowest BCUT2D eigenvalue weighted by molar-refractivity contribution is -0.141. The van der Waals surface area contributed by atoms with Gasteiger partial charge in [-0.1, -0.05) is 13.0 Å². The Kier molecular flexibility index (Phi) is 7.30. The molecule has 0 spiro atoms. The number of nitrogens with zero attached hydrogens (tertiary/aromatic N) is 5. The summed E-state index contributed by atoms with van der Waals surface area (Å²) in [5.41, 5.74) is 7.05. The number of hydrogen-bond acceptors (Lipinski definition) is 6. The van der Waals surface area contributed by atoms with Crippen LogP contribution in [0.4, 0.5) is 24.7 Å². The number of hydrogen-bond donors (Lipinski definition) is 3. The molecule has 0 radical (unpaired) electrons. The molecule has 0 aliphatic carbocycles. The second-order valence-corrected chi connectivity index (χ2v) is 8.47. The highest BCUT2D eigenvalue weighted by Gasteiger charge is 2.38. The predicted molar refractivity (Wildman–Crippen MR) is 134 cm³/mol. The number of allylic oxidation sites excluding steroid dienone is 1. The van der Waals surface area contributed by atoms with Crippen molar-refractivity contribution in [2.45, 2.75) is 39.0 Å². The maximum Gasteiger partial charge on any atom is 0.435 e. The van der Waals surface area contributed by atoms with Crippen molar-refractivity contribution < 1.29 is 18.0 Å². The minimum Gasteiger partial charge on any atom is -0.348 e. The van der Waals surface area contributed by atoms with E-state index in [1.165, 1.54) is 39.9 Å². The molecule has 194 valence electrons. The van der Waals surface area contributed by atoms with Crippen molar-refractivity contribution in [2.75, 3.05) is 11.9 Å². The van der Waals surface area contributed by atoms with Gasteiger partial charge in [0.25, 0.3) is 5.91 Å². The number of halogens is 3. The van der Waals surface area contributed by atoms with Crippen molar-refractivity contribution in [1.29, 1.82) is 0 Å². The minimum absolute atomic E-state index is 0.102. The molecule has 0 aliphatic heterocycles. The largest absolute Gasteiger partial charge is 0.435 e. The third-order valence-electron chi connectivity index (χ3n) is 5.77. The lowest BCUT2D eigenvalue weighted by atomic mass is 10.0. The summed E-state index contributed by atoms with van der Waals surface area (Å²) in [7, 11) is 0. The highest BCUT2D eigenvalue weighted by molar-refractivity contribution is 5.96. The van der Waals surface area contributed by atoms with Crippen LogP contribution in [0.1, 0.15) is 35.5 Å². The number of fused-ring (bicyclic) bond motifs is 1. The fourth-order valence-corrected chi connectivity index (χ4v) is 3.93. The van der Waals surface area contributed by atoms with E-state index in [0.717, 1.165) is 5.56 Å². The van der Waals surface area contributed by atoms with Crippen molar-refractivity contribution in [3.05, 3.63) is 72.5 Å². The molecule has 12 heteroatoms. The SMILES string of the molecule is C=CCn1cc(-c2cnc3c(Nc4ccc(C(=O)N[C@H](C)CN)c(CC)c4)nccn23)c(C(F)(F)F)n1. The number of imidazole rings is 1. The molecule has 1 amide bonds. The van der Waals surface area contributed by atoms with Gasteiger partial charge >= 0.3 is 6.18 Å². The quantitative estimate of drug-likeness (QED) is 0.290. The van der Waals surface area contributed by atoms with Crippen molar-refractivity contribution >= 4 is 23.1 Å². The number of nitrogens with one attached hydrogen (secondary N) is 2. The minimum atomic E-state index is -4.65. The first-order valence-corrected chi connectivity index (χ1v) is 11.6. The highest BCUT2D eigenvalue weighted by atomic mass is 19.4. The van der Waals surface area contributed by atoms with Gasteiger partial charge in [-0.25, -0.2) is 9.97 Å². The van der Waals surface area contributed by atoms with Crippen LogP contribution in [-0.2, 0) is 19.1 Å². The summed E-state index contributed by atoms with van der Waals surface area (Å²) in [5.74, 6) is 0.133. The van der Waals surface area contributed by atoms with Crippen LogP contribution in [0.15, 0.2) is 55.6 Å². The van der Waals surface area contributed by atoms with Gasteiger partial charge in [0.15, 0.2) is 17.2 Å². The molecular weight excluding hydrogens is 485 g/mol. The normalized spacial score (nSPS) is 12.5. The van der Waals surface area contributed by atoms with Crippen LogP contribution >= 0.6 is 0 Å². The van der Waals surface area contributed by atoms with Crippen LogP contribution in [0.25, 0.3) is 16.9 Å². The second kappa shape index (κ2) is 10.4. The Balaban J connectivity index is 1.69. The molecule has 4 aromatic rings. The smallest absolute Gasteiger partial charge is 0.348 e. The molecule has 3 aromatic heterocycles. The Labute approximate surface area is 211 Å². The molecule has 4 N–H and O–H groups in total. The van der Waals surface area contributed by atoms with Crippen molar-refractivity contribution in [1.82, 2.24) is 29.5 Å². The Morgan fingerprint density at radius 2 is 2.08 bits per heavy atom. The fraction of sp³-hybridized carbons (Fsp3) is 0.280. The molecular formula is C25H27F3N8O. The van der Waals surface area contributed by atoms with E-state index in [-0.39, 0.29) is 29.8 Å². The number of alkyl halides is 3. The zero-order valence-electron chi connectivity index (χ0n) is 20.4. The zero-order chi connectivity index (χ0) is 26.7. The topological polar surface area (TPSA) is 115 Å². The van der Waals surface area contributed by atoms with Gasteiger partial charge in [-0.05, 0) is 37.1 Å². The number of rotatable bonds is 9. The molecule has 1 atom stereocenters. The summed E-state index contributed by atoms with van der Waals surface area (Å²) >= 11 is 0. The Morgan fingerprint density at radius 1 is 1.30 bits per heavy atom. The van der Waals surface area contributed by atoms with Gasteiger partial charge in [-0.3, -0.25) is 13.9 Å². The number of aromatic nitrogens is 5. The fourth-order valence-electron chi connectivity index (χ4n) is 3.93. The van der Waals surface area contributed by atoms with Crippen molar-refractivity contribution in [3.63, 3.8) is 0 Å². The second-order valence-electron chi connectivity index (χ2n) is 8.47. The van der Waals surface area contributed by atoms with Crippen LogP contribution in [0.2, 0.25) is 0 Å². The highest BCUT2D eigenvalue weighted by Crippen LogP contribution is 2.37. The summed E-state index contributed by atoms with van der Waals surface area (Å²) in [4.78, 5) is 21.3. The molecule has 4 rings (SSSR count). The van der Waals surface area contributed by atoms with E-state index in [9.17, 15) is 18.0 Å². The zero-order valence-corrected chi connectivity index (χ0v) is 20.4. The van der Waals surface area contributed by atoms with E-state index in [2.05, 4.69) is 32.3 Å². The molecule has 0 bridgehead atoms. The lowest BCUT2D eigenvalue weighted by Gasteiger charge is -2.15. The number of anilines is 2. The average molecular weight is 513 g/mol. The molecule has 0 fully saturated rings. The average Bonchev–Trinajstić information content (AvgIpc) is 3.49. The molecule has 0 saturated heterocycles. The molecule has 0 saturated carbocycles. The van der Waals surface area contributed by atoms with E-state index < -0.39 is 11.9 Å². The summed E-state index contributed by atoms with van der Waals surface area (Å²) in [6.07, 6.45) is 3.12. The maximum absolute atomic E-state index is 13.7. The first-order valence-electron chi connectivity index (χ1n) is 11.6. The summed E-state index contributed by atoms with van der Waals surface area (Å²) < 4.78 is 43.9. The van der Waals surface area contributed by atoms with Crippen molar-refractivity contribution in [2.24, 2.45) is 5.73 Å². The van der Waals surface area contributed by atoms with Gasteiger partial charge in [-0.15, -0.1) is 6.58 Å². The van der Waals surface area contributed by atoms with E-state index in [0.29, 0.717) is 35.7 Å². The third-order valence-corrected chi connectivity index (χ3v) is 5.77. The first-order chi connectivity index (χ1) is 17.7. The molecule has 0 unspecified atom stereocenters. The first kappa shape index (κ1) is 25.9. The standard InChI is InChI=1S/C25H27F3N8O/c1-4-9-35-14-19(21(34-35)25(26,27)28)20-13-31-23-22(30-8-10-36(20)23)33-17-6-7-18(16(5-2)11-17)24(37)32-15(3)12-29/h4,6-8,10-11,13-15H,1,5,9,12,29H2,2-3H3,(H,30,33)(H,32,37)/t15-/m1/s1. The van der Waals surface area contributed by atoms with Crippen molar-refractivity contribution in [3.8, 4) is 11.3 Å². The molecule has 1 aromatic carbocycles. The van der Waals surface area contributed by atoms with Crippen LogP contribution in [0.5, 0.6) is 0 Å². The predicted octanol–water partition coefficient (Wildman–Crippen LogP) is 4.18. The Morgan fingerprint density at radius 3 is 2.76 bits per heavy atom. The van der Waals surface area contributed by atoms with Gasteiger partial charge in [0.05, 0.1) is 24.0 Å². The molecule has 3 heterocycles. The molecule has 0 aliphatic rings. The number of nitrogens with two attached hydrogens (primary N) is 1. The molecule has 37 heavy (non-hydrogen) atoms. The molecule has 9 nitrogen and oxygen atoms in total. The Bertz CT molecular complexity index is 1440. The van der Waals surface area contributed by atoms with Crippen LogP contribution in [0.3, 0.4) is 0 Å². The van der Waals surface area contributed by atoms with E-state index >= 15 is 0 Å². The monoisotopic (exact) mass is 512 g/mol. The Hall–Kier alpha value is -4.19. The lowest BCUT2D eigenvalue weighted by Crippen LogP contribution is -2.38. The number of carbonyl (C=O) groups excluding carboxylic acids is 1. The van der Waals surface area contributed by atoms with Gasteiger partial charge in [0, 0.05) is 42.4 Å². The van der Waals surface area contributed by atoms with E-state index in [1.54, 1.807) is 12.1 Å².